The molecule has 138 valence electrons. The molecule has 4 aromatic rings. The molecule has 0 bridgehead atoms. The average molecular weight is 383 g/mol. The Morgan fingerprint density at radius 3 is 2.70 bits per heavy atom. The number of benzene rings is 1. The van der Waals surface area contributed by atoms with Gasteiger partial charge in [0.25, 0.3) is 10.7 Å². The third-order valence-corrected chi connectivity index (χ3v) is 4.85. The van der Waals surface area contributed by atoms with Gasteiger partial charge in [0.15, 0.2) is 12.4 Å². The molecule has 0 aliphatic rings. The number of aromatic nitrogens is 5. The molecule has 27 heavy (non-hydrogen) atoms. The summed E-state index contributed by atoms with van der Waals surface area (Å²) < 4.78 is 14.3. The number of hydrogen-bond donors (Lipinski definition) is 1. The van der Waals surface area contributed by atoms with Crippen molar-refractivity contribution in [2.75, 3.05) is 7.05 Å². The first-order chi connectivity index (χ1) is 13.1. The molecular weight excluding hydrogens is 364 g/mol. The van der Waals surface area contributed by atoms with Crippen LogP contribution in [0.3, 0.4) is 0 Å². The quantitative estimate of drug-likeness (QED) is 0.515. The van der Waals surface area contributed by atoms with Gasteiger partial charge in [-0.3, -0.25) is 0 Å². The SMILES string of the molecule is C[C@@H](c1ccc(-n2cncn2)cc1)[NH+](C)Cn1nc(-c2ccco2)oc1=S. The molecule has 3 aromatic heterocycles. The van der Waals surface area contributed by atoms with Crippen molar-refractivity contribution < 1.29 is 13.7 Å². The monoisotopic (exact) mass is 383 g/mol. The number of quaternary nitrogens is 1. The normalized spacial score (nSPS) is 13.6. The Bertz CT molecular complexity index is 1050. The maximum atomic E-state index is 5.55. The number of rotatable bonds is 6. The molecule has 0 saturated heterocycles. The number of nitrogens with zero attached hydrogens (tertiary/aromatic N) is 5. The smallest absolute Gasteiger partial charge is 0.292 e. The predicted molar refractivity (Wildman–Crippen MR) is 99.7 cm³/mol. The molecule has 9 heteroatoms. The van der Waals surface area contributed by atoms with Crippen molar-refractivity contribution in [2.24, 2.45) is 0 Å². The average Bonchev–Trinajstić information content (AvgIpc) is 3.44. The summed E-state index contributed by atoms with van der Waals surface area (Å²) in [6, 6.07) is 12.1. The Kier molecular flexibility index (Phi) is 4.69. The molecule has 0 radical (unpaired) electrons. The third kappa shape index (κ3) is 3.60. The van der Waals surface area contributed by atoms with Crippen LogP contribution >= 0.6 is 12.2 Å². The van der Waals surface area contributed by atoms with Crippen molar-refractivity contribution in [2.45, 2.75) is 19.6 Å². The molecule has 2 atom stereocenters. The van der Waals surface area contributed by atoms with Crippen LogP contribution in [-0.2, 0) is 6.67 Å². The molecule has 0 aliphatic heterocycles. The maximum Gasteiger partial charge on any atom is 0.292 e. The third-order valence-electron chi connectivity index (χ3n) is 4.55. The van der Waals surface area contributed by atoms with Crippen LogP contribution in [0.25, 0.3) is 17.3 Å². The van der Waals surface area contributed by atoms with Crippen LogP contribution in [0.5, 0.6) is 0 Å². The lowest BCUT2D eigenvalue weighted by molar-refractivity contribution is -0.933. The van der Waals surface area contributed by atoms with Gasteiger partial charge in [-0.25, -0.2) is 9.67 Å². The Labute approximate surface area is 160 Å². The Morgan fingerprint density at radius 1 is 1.22 bits per heavy atom. The van der Waals surface area contributed by atoms with Gasteiger partial charge in [-0.05, 0) is 43.4 Å². The van der Waals surface area contributed by atoms with Gasteiger partial charge in [0, 0.05) is 5.56 Å². The lowest BCUT2D eigenvalue weighted by atomic mass is 10.1. The molecule has 1 N–H and O–H groups in total. The van der Waals surface area contributed by atoms with Gasteiger partial charge >= 0.3 is 0 Å². The zero-order valence-electron chi connectivity index (χ0n) is 14.9. The molecule has 0 aliphatic carbocycles. The van der Waals surface area contributed by atoms with Crippen LogP contribution in [0.15, 0.2) is 64.2 Å². The van der Waals surface area contributed by atoms with Crippen molar-refractivity contribution in [3.63, 3.8) is 0 Å². The van der Waals surface area contributed by atoms with Crippen molar-refractivity contribution in [1.29, 1.82) is 0 Å². The first-order valence-corrected chi connectivity index (χ1v) is 8.92. The fourth-order valence-electron chi connectivity index (χ4n) is 2.82. The van der Waals surface area contributed by atoms with Gasteiger partial charge in [0.2, 0.25) is 0 Å². The summed E-state index contributed by atoms with van der Waals surface area (Å²) in [5.41, 5.74) is 2.18. The minimum absolute atomic E-state index is 0.237. The minimum atomic E-state index is 0.237. The predicted octanol–water partition coefficient (Wildman–Crippen LogP) is 2.28. The van der Waals surface area contributed by atoms with Gasteiger partial charge < -0.3 is 13.7 Å². The van der Waals surface area contributed by atoms with Gasteiger partial charge in [-0.15, -0.1) is 5.10 Å². The van der Waals surface area contributed by atoms with Crippen LogP contribution in [-0.4, -0.2) is 31.6 Å². The largest absolute Gasteiger partial charge is 0.459 e. The topological polar surface area (TPSA) is 79.2 Å². The van der Waals surface area contributed by atoms with E-state index in [1.54, 1.807) is 34.1 Å². The van der Waals surface area contributed by atoms with Crippen molar-refractivity contribution in [3.8, 4) is 17.3 Å². The fourth-order valence-corrected chi connectivity index (χ4v) is 3.01. The summed E-state index contributed by atoms with van der Waals surface area (Å²) in [6.45, 7) is 2.74. The molecule has 4 rings (SSSR count). The van der Waals surface area contributed by atoms with E-state index >= 15 is 0 Å². The molecule has 1 aromatic carbocycles. The van der Waals surface area contributed by atoms with Crippen molar-refractivity contribution >= 4 is 12.2 Å². The summed E-state index contributed by atoms with van der Waals surface area (Å²) in [4.78, 5) is 5.52. The van der Waals surface area contributed by atoms with E-state index < -0.39 is 0 Å². The molecule has 0 fully saturated rings. The van der Waals surface area contributed by atoms with E-state index in [9.17, 15) is 0 Å². The van der Waals surface area contributed by atoms with E-state index in [1.807, 2.05) is 12.1 Å². The second-order valence-electron chi connectivity index (χ2n) is 6.31. The van der Waals surface area contributed by atoms with E-state index in [0.717, 1.165) is 5.69 Å². The summed E-state index contributed by atoms with van der Waals surface area (Å²) in [6.07, 6.45) is 4.78. The van der Waals surface area contributed by atoms with E-state index in [4.69, 9.17) is 21.1 Å². The van der Waals surface area contributed by atoms with Crippen molar-refractivity contribution in [3.05, 3.63) is 65.7 Å². The van der Waals surface area contributed by atoms with Gasteiger partial charge in [-0.2, -0.15) is 9.78 Å². The highest BCUT2D eigenvalue weighted by Gasteiger charge is 2.19. The number of hydrogen-bond acceptors (Lipinski definition) is 6. The fraction of sp³-hybridized carbons (Fsp3) is 0.222. The maximum absolute atomic E-state index is 5.55. The first-order valence-electron chi connectivity index (χ1n) is 8.51. The van der Waals surface area contributed by atoms with Gasteiger partial charge in [0.05, 0.1) is 19.0 Å². The summed E-state index contributed by atoms with van der Waals surface area (Å²) in [5.74, 6) is 0.955. The van der Waals surface area contributed by atoms with Crippen LogP contribution in [0, 0.1) is 4.84 Å². The highest BCUT2D eigenvalue weighted by molar-refractivity contribution is 7.71. The zero-order valence-corrected chi connectivity index (χ0v) is 15.8. The van der Waals surface area contributed by atoms with Crippen LogP contribution < -0.4 is 4.90 Å². The molecule has 0 saturated carbocycles. The van der Waals surface area contributed by atoms with Crippen LogP contribution in [0.4, 0.5) is 0 Å². The first kappa shape index (κ1) is 17.4. The molecule has 8 nitrogen and oxygen atoms in total. The van der Waals surface area contributed by atoms with E-state index in [1.165, 1.54) is 16.8 Å². The summed E-state index contributed by atoms with van der Waals surface area (Å²) >= 11 is 5.29. The second-order valence-corrected chi connectivity index (χ2v) is 6.66. The van der Waals surface area contributed by atoms with E-state index in [0.29, 0.717) is 23.2 Å². The van der Waals surface area contributed by atoms with Gasteiger partial charge in [-0.1, -0.05) is 12.1 Å². The minimum Gasteiger partial charge on any atom is -0.459 e. The van der Waals surface area contributed by atoms with E-state index in [-0.39, 0.29) is 6.04 Å². The molecule has 3 heterocycles. The lowest BCUT2D eigenvalue weighted by Crippen LogP contribution is -3.08. The van der Waals surface area contributed by atoms with E-state index in [2.05, 4.69) is 41.3 Å². The number of furan rings is 1. The Morgan fingerprint density at radius 2 is 2.04 bits per heavy atom. The second kappa shape index (κ2) is 7.29. The van der Waals surface area contributed by atoms with Crippen molar-refractivity contribution in [1.82, 2.24) is 24.5 Å². The molecular formula is C18H19N6O2S+. The molecule has 1 unspecified atom stereocenters. The highest BCUT2D eigenvalue weighted by Crippen LogP contribution is 2.18. The molecule has 0 spiro atoms. The summed E-state index contributed by atoms with van der Waals surface area (Å²) in [7, 11) is 2.10. The van der Waals surface area contributed by atoms with Crippen LogP contribution in [0.2, 0.25) is 0 Å². The zero-order chi connectivity index (χ0) is 18.8. The van der Waals surface area contributed by atoms with Gasteiger partial charge in [0.1, 0.15) is 18.7 Å². The van der Waals surface area contributed by atoms with Crippen LogP contribution in [0.1, 0.15) is 18.5 Å². The highest BCUT2D eigenvalue weighted by atomic mass is 32.1. The standard InChI is InChI=1S/C18H18N6O2S/c1-13(14-5-7-15(8-6-14)23-11-19-10-20-23)22(2)12-24-18(27)26-17(21-24)16-4-3-9-25-16/h3-11,13H,12H2,1-2H3/p+1/t13-/m0/s1. The number of nitrogens with one attached hydrogen (secondary N) is 1. The lowest BCUT2D eigenvalue weighted by Gasteiger charge is -2.21. The molecule has 0 amide bonds. The summed E-state index contributed by atoms with van der Waals surface area (Å²) in [5, 5.41) is 8.57. The Balaban J connectivity index is 1.48. The Hall–Kier alpha value is -3.04.